The molecule has 0 aliphatic carbocycles. The summed E-state index contributed by atoms with van der Waals surface area (Å²) in [5, 5.41) is 12.6. The third kappa shape index (κ3) is 1.78. The molecule has 1 aromatic heterocycles. The van der Waals surface area contributed by atoms with Crippen LogP contribution in [0.25, 0.3) is 0 Å². The molecule has 98 valence electrons. The molecule has 7 heteroatoms. The monoisotopic (exact) mass is 265 g/mol. The van der Waals surface area contributed by atoms with Gasteiger partial charge in [0, 0.05) is 12.0 Å². The maximum absolute atomic E-state index is 13.7. The zero-order valence-electron chi connectivity index (χ0n) is 9.68. The smallest absolute Gasteiger partial charge is 0.375 e. The number of carboxylic acids is 1. The van der Waals surface area contributed by atoms with Gasteiger partial charge in [-0.3, -0.25) is 0 Å². The van der Waals surface area contributed by atoms with Crippen LogP contribution in [0.15, 0.2) is 18.2 Å². The van der Waals surface area contributed by atoms with Crippen LogP contribution >= 0.6 is 0 Å². The van der Waals surface area contributed by atoms with Gasteiger partial charge in [0.1, 0.15) is 17.5 Å². The number of carboxylic acid groups (broad SMARTS) is 1. The molecule has 0 fully saturated rings. The molecule has 0 saturated carbocycles. The van der Waals surface area contributed by atoms with Crippen molar-refractivity contribution in [1.29, 1.82) is 0 Å². The molecule has 0 spiro atoms. The van der Waals surface area contributed by atoms with Crippen LogP contribution in [0.5, 0.6) is 0 Å². The van der Waals surface area contributed by atoms with E-state index in [9.17, 15) is 13.6 Å². The summed E-state index contributed by atoms with van der Waals surface area (Å²) in [6.07, 6.45) is 0.895. The first-order valence-electron chi connectivity index (χ1n) is 5.70. The highest BCUT2D eigenvalue weighted by atomic mass is 19.1. The highest BCUT2D eigenvalue weighted by Crippen LogP contribution is 2.33. The lowest BCUT2D eigenvalue weighted by Gasteiger charge is -2.13. The Kier molecular flexibility index (Phi) is 2.55. The first kappa shape index (κ1) is 11.8. The molecule has 1 aromatic carbocycles. The Morgan fingerprint density at radius 1 is 1.37 bits per heavy atom. The number of fused-ring (bicyclic) bond motifs is 1. The second-order valence-corrected chi connectivity index (χ2v) is 4.29. The van der Waals surface area contributed by atoms with Gasteiger partial charge in [-0.15, -0.1) is 5.10 Å². The molecule has 0 saturated heterocycles. The van der Waals surface area contributed by atoms with Crippen molar-refractivity contribution in [1.82, 2.24) is 14.8 Å². The van der Waals surface area contributed by atoms with Gasteiger partial charge < -0.3 is 5.11 Å². The molecule has 5 nitrogen and oxygen atoms in total. The zero-order chi connectivity index (χ0) is 13.6. The van der Waals surface area contributed by atoms with E-state index in [4.69, 9.17) is 5.11 Å². The highest BCUT2D eigenvalue weighted by Gasteiger charge is 2.32. The normalized spacial score (nSPS) is 17.5. The molecule has 1 aliphatic rings. The SMILES string of the molecule is O=C(O)c1nc2n(n1)C(c1c(F)cccc1F)CC2. The molecule has 1 unspecified atom stereocenters. The van der Waals surface area contributed by atoms with E-state index in [1.54, 1.807) is 0 Å². The zero-order valence-corrected chi connectivity index (χ0v) is 9.68. The second kappa shape index (κ2) is 4.11. The first-order chi connectivity index (χ1) is 9.08. The minimum Gasteiger partial charge on any atom is -0.475 e. The van der Waals surface area contributed by atoms with Gasteiger partial charge in [0.15, 0.2) is 0 Å². The van der Waals surface area contributed by atoms with Crippen LogP contribution in [0.4, 0.5) is 8.78 Å². The average Bonchev–Trinajstić information content (AvgIpc) is 2.90. The summed E-state index contributed by atoms with van der Waals surface area (Å²) in [5.74, 6) is -2.49. The molecule has 2 aromatic rings. The third-order valence-corrected chi connectivity index (χ3v) is 3.16. The molecule has 1 atom stereocenters. The third-order valence-electron chi connectivity index (χ3n) is 3.16. The number of benzene rings is 1. The number of rotatable bonds is 2. The van der Waals surface area contributed by atoms with Crippen molar-refractivity contribution in [2.24, 2.45) is 0 Å². The Morgan fingerprint density at radius 2 is 2.05 bits per heavy atom. The Bertz CT molecular complexity index is 649. The lowest BCUT2D eigenvalue weighted by atomic mass is 10.0. The van der Waals surface area contributed by atoms with E-state index >= 15 is 0 Å². The largest absolute Gasteiger partial charge is 0.475 e. The van der Waals surface area contributed by atoms with Gasteiger partial charge in [-0.25, -0.2) is 23.2 Å². The maximum atomic E-state index is 13.7. The van der Waals surface area contributed by atoms with Crippen LogP contribution in [-0.2, 0) is 6.42 Å². The summed E-state index contributed by atoms with van der Waals surface area (Å²) < 4.78 is 28.8. The second-order valence-electron chi connectivity index (χ2n) is 4.29. The van der Waals surface area contributed by atoms with Gasteiger partial charge in [-0.2, -0.15) is 0 Å². The molecule has 0 radical (unpaired) electrons. The van der Waals surface area contributed by atoms with Crippen LogP contribution in [-0.4, -0.2) is 25.8 Å². The van der Waals surface area contributed by atoms with Crippen LogP contribution in [0, 0.1) is 11.6 Å². The van der Waals surface area contributed by atoms with Gasteiger partial charge in [0.2, 0.25) is 0 Å². The first-order valence-corrected chi connectivity index (χ1v) is 5.70. The summed E-state index contributed by atoms with van der Waals surface area (Å²) in [4.78, 5) is 14.6. The molecular weight excluding hydrogens is 256 g/mol. The number of halogens is 2. The van der Waals surface area contributed by atoms with Crippen molar-refractivity contribution in [2.75, 3.05) is 0 Å². The quantitative estimate of drug-likeness (QED) is 0.898. The maximum Gasteiger partial charge on any atom is 0.375 e. The van der Waals surface area contributed by atoms with Crippen LogP contribution in [0.2, 0.25) is 0 Å². The fraction of sp³-hybridized carbons (Fsp3) is 0.250. The molecular formula is C12H9F2N3O2. The average molecular weight is 265 g/mol. The van der Waals surface area contributed by atoms with E-state index in [1.165, 1.54) is 22.9 Å². The van der Waals surface area contributed by atoms with Gasteiger partial charge in [0.25, 0.3) is 5.82 Å². The van der Waals surface area contributed by atoms with E-state index in [0.717, 1.165) is 0 Å². The van der Waals surface area contributed by atoms with Crippen molar-refractivity contribution in [3.8, 4) is 0 Å². The van der Waals surface area contributed by atoms with Crippen molar-refractivity contribution >= 4 is 5.97 Å². The number of carbonyl (C=O) groups is 1. The Labute approximate surface area is 106 Å². The number of nitrogens with zero attached hydrogens (tertiary/aromatic N) is 3. The molecule has 0 amide bonds. The number of hydrogen-bond acceptors (Lipinski definition) is 3. The van der Waals surface area contributed by atoms with E-state index in [2.05, 4.69) is 10.1 Å². The summed E-state index contributed by atoms with van der Waals surface area (Å²) in [7, 11) is 0. The van der Waals surface area contributed by atoms with Crippen LogP contribution in [0.1, 0.15) is 34.5 Å². The summed E-state index contributed by atoms with van der Waals surface area (Å²) >= 11 is 0. The van der Waals surface area contributed by atoms with E-state index in [1.807, 2.05) is 0 Å². The lowest BCUT2D eigenvalue weighted by Crippen LogP contribution is -2.12. The Morgan fingerprint density at radius 3 is 2.68 bits per heavy atom. The number of aryl methyl sites for hydroxylation is 1. The minimum atomic E-state index is -1.25. The topological polar surface area (TPSA) is 68.0 Å². The van der Waals surface area contributed by atoms with Gasteiger partial charge in [0.05, 0.1) is 6.04 Å². The summed E-state index contributed by atoms with van der Waals surface area (Å²) in [6.45, 7) is 0. The molecule has 2 heterocycles. The molecule has 1 aliphatic heterocycles. The summed E-state index contributed by atoms with van der Waals surface area (Å²) in [6, 6.07) is 2.99. The predicted octanol–water partition coefficient (Wildman–Crippen LogP) is 1.79. The van der Waals surface area contributed by atoms with Gasteiger partial charge in [-0.1, -0.05) is 6.07 Å². The fourth-order valence-electron chi connectivity index (χ4n) is 2.35. The lowest BCUT2D eigenvalue weighted by molar-refractivity contribution is 0.0683. The van der Waals surface area contributed by atoms with E-state index < -0.39 is 23.6 Å². The van der Waals surface area contributed by atoms with Crippen molar-refractivity contribution in [3.05, 3.63) is 47.0 Å². The summed E-state index contributed by atoms with van der Waals surface area (Å²) in [5.41, 5.74) is -0.0944. The van der Waals surface area contributed by atoms with E-state index in [0.29, 0.717) is 18.7 Å². The molecule has 1 N–H and O–H groups in total. The highest BCUT2D eigenvalue weighted by molar-refractivity contribution is 5.82. The molecule has 3 rings (SSSR count). The van der Waals surface area contributed by atoms with Crippen molar-refractivity contribution in [2.45, 2.75) is 18.9 Å². The van der Waals surface area contributed by atoms with Crippen LogP contribution in [0.3, 0.4) is 0 Å². The number of aromatic carboxylic acids is 1. The predicted molar refractivity (Wildman–Crippen MR) is 59.8 cm³/mol. The van der Waals surface area contributed by atoms with Crippen molar-refractivity contribution < 1.29 is 18.7 Å². The van der Waals surface area contributed by atoms with Gasteiger partial charge in [-0.05, 0) is 18.6 Å². The Hall–Kier alpha value is -2.31. The van der Waals surface area contributed by atoms with E-state index in [-0.39, 0.29) is 11.4 Å². The fourth-order valence-corrected chi connectivity index (χ4v) is 2.35. The molecule has 19 heavy (non-hydrogen) atoms. The van der Waals surface area contributed by atoms with Crippen LogP contribution < -0.4 is 0 Å². The number of aromatic nitrogens is 3. The van der Waals surface area contributed by atoms with Crippen molar-refractivity contribution in [3.63, 3.8) is 0 Å². The van der Waals surface area contributed by atoms with Gasteiger partial charge >= 0.3 is 5.97 Å². The Balaban J connectivity index is 2.09. The molecule has 0 bridgehead atoms. The minimum absolute atomic E-state index is 0.0944. The number of hydrogen-bond donors (Lipinski definition) is 1. The standard InChI is InChI=1S/C12H9F2N3O2/c13-6-2-1-3-7(14)10(6)8-4-5-9-15-11(12(18)19)16-17(8)9/h1-3,8H,4-5H2,(H,18,19).